The van der Waals surface area contributed by atoms with Crippen molar-refractivity contribution in [3.8, 4) is 5.75 Å². The summed E-state index contributed by atoms with van der Waals surface area (Å²) in [5.41, 5.74) is 11.3. The minimum Gasteiger partial charge on any atom is -0.479 e. The van der Waals surface area contributed by atoms with Crippen LogP contribution in [0.2, 0.25) is 0 Å². The number of benzene rings is 2. The van der Waals surface area contributed by atoms with Gasteiger partial charge in [-0.05, 0) is 31.0 Å². The Morgan fingerprint density at radius 1 is 1.09 bits per heavy atom. The number of guanidine groups is 1. The first-order valence-electron chi connectivity index (χ1n) is 9.33. The molecule has 8 nitrogen and oxygen atoms in total. The Balaban J connectivity index is 2.12. The van der Waals surface area contributed by atoms with Crippen LogP contribution in [-0.4, -0.2) is 36.8 Å². The Hall–Kier alpha value is -3.83. The third kappa shape index (κ3) is 6.59. The normalized spacial score (nSPS) is 11.5. The van der Waals surface area contributed by atoms with Gasteiger partial charge in [-0.3, -0.25) is 15.0 Å². The first kappa shape index (κ1) is 24.4. The Bertz CT molecular complexity index is 993. The minimum absolute atomic E-state index is 0.00988. The molecule has 2 aromatic carbocycles. The van der Waals surface area contributed by atoms with Crippen molar-refractivity contribution in [3.05, 3.63) is 59.2 Å². The van der Waals surface area contributed by atoms with Crippen LogP contribution in [0.4, 0.5) is 23.2 Å². The van der Waals surface area contributed by atoms with Gasteiger partial charge in [0.1, 0.15) is 6.61 Å². The molecule has 0 spiro atoms. The molecule has 12 heteroatoms. The van der Waals surface area contributed by atoms with E-state index in [0.29, 0.717) is 5.69 Å². The maximum Gasteiger partial charge on any atom is 0.251 e. The molecule has 0 saturated carbocycles. The molecular formula is C20H21F4N5O3. The van der Waals surface area contributed by atoms with E-state index in [1.165, 1.54) is 18.2 Å². The molecule has 2 rings (SSSR count). The molecule has 0 fully saturated rings. The third-order valence-electron chi connectivity index (χ3n) is 4.26. The number of amides is 1. The first-order chi connectivity index (χ1) is 15.1. The molecule has 32 heavy (non-hydrogen) atoms. The van der Waals surface area contributed by atoms with Crippen molar-refractivity contribution in [2.45, 2.75) is 18.9 Å². The number of hydrogen-bond donors (Lipinski definition) is 5. The Morgan fingerprint density at radius 2 is 1.75 bits per heavy atom. The summed E-state index contributed by atoms with van der Waals surface area (Å²) in [6.07, 6.45) is 0.309. The highest BCUT2D eigenvalue weighted by Crippen LogP contribution is 2.26. The predicted molar refractivity (Wildman–Crippen MR) is 108 cm³/mol. The standard InChI is InChI=1S/C20H21F4N5O3/c21-12-8-13(22)17(24)18(16(12)23)32-9-15(30)14(5-2-6-28-20(26)27)29-19(31)10-3-1-4-11(25)7-10/h1,3-4,7-8,14H,2,5-6,9,25H2,(H,29,31)(H4,26,27,28)/t14-/m0/s1. The van der Waals surface area contributed by atoms with Crippen LogP contribution < -0.4 is 26.8 Å². The van der Waals surface area contributed by atoms with Crippen molar-refractivity contribution in [2.75, 3.05) is 18.9 Å². The molecule has 0 aliphatic rings. The van der Waals surface area contributed by atoms with Crippen LogP contribution in [0, 0.1) is 28.7 Å². The van der Waals surface area contributed by atoms with Crippen LogP contribution in [0.3, 0.4) is 0 Å². The number of carbonyl (C=O) groups excluding carboxylic acids is 2. The number of nitrogens with two attached hydrogens (primary N) is 2. The average molecular weight is 455 g/mol. The first-order valence-corrected chi connectivity index (χ1v) is 9.33. The number of ketones is 1. The summed E-state index contributed by atoms with van der Waals surface area (Å²) >= 11 is 0. The van der Waals surface area contributed by atoms with Gasteiger partial charge in [0.15, 0.2) is 29.1 Å². The molecule has 7 N–H and O–H groups in total. The van der Waals surface area contributed by atoms with E-state index in [2.05, 4.69) is 10.6 Å². The summed E-state index contributed by atoms with van der Waals surface area (Å²) in [6, 6.07) is 4.76. The molecule has 0 radical (unpaired) electrons. The van der Waals surface area contributed by atoms with Gasteiger partial charge in [-0.2, -0.15) is 8.78 Å². The van der Waals surface area contributed by atoms with E-state index in [1.807, 2.05) is 0 Å². The molecule has 0 saturated heterocycles. The zero-order chi connectivity index (χ0) is 23.8. The SMILES string of the molecule is N=C(N)NCCC[C@H](NC(=O)c1cccc(N)c1)C(=O)COc1c(F)c(F)cc(F)c1F. The lowest BCUT2D eigenvalue weighted by Gasteiger charge is -2.19. The van der Waals surface area contributed by atoms with Crippen molar-refractivity contribution >= 4 is 23.3 Å². The molecule has 1 amide bonds. The van der Waals surface area contributed by atoms with Gasteiger partial charge in [-0.1, -0.05) is 6.07 Å². The lowest BCUT2D eigenvalue weighted by Crippen LogP contribution is -2.43. The van der Waals surface area contributed by atoms with E-state index in [0.717, 1.165) is 0 Å². The number of Topliss-reactive ketones (excluding diaryl/α,β-unsaturated/α-hetero) is 1. The molecule has 0 unspecified atom stereocenters. The topological polar surface area (TPSA) is 143 Å². The van der Waals surface area contributed by atoms with Gasteiger partial charge >= 0.3 is 0 Å². The van der Waals surface area contributed by atoms with Crippen LogP contribution in [-0.2, 0) is 4.79 Å². The molecule has 0 aromatic heterocycles. The maximum atomic E-state index is 13.7. The van der Waals surface area contributed by atoms with Gasteiger partial charge in [-0.15, -0.1) is 0 Å². The molecule has 0 aliphatic carbocycles. The minimum atomic E-state index is -1.79. The fraction of sp³-hybridized carbons (Fsp3) is 0.250. The second kappa shape index (κ2) is 11.0. The van der Waals surface area contributed by atoms with Crippen molar-refractivity contribution < 1.29 is 31.9 Å². The Kier molecular flexibility index (Phi) is 8.38. The number of hydrogen-bond acceptors (Lipinski definition) is 5. The second-order valence-corrected chi connectivity index (χ2v) is 6.69. The number of ether oxygens (including phenoxy) is 1. The number of nitrogens with one attached hydrogen (secondary N) is 3. The van der Waals surface area contributed by atoms with E-state index < -0.39 is 53.4 Å². The lowest BCUT2D eigenvalue weighted by atomic mass is 10.1. The van der Waals surface area contributed by atoms with Crippen LogP contribution >= 0.6 is 0 Å². The van der Waals surface area contributed by atoms with E-state index >= 15 is 0 Å². The maximum absolute atomic E-state index is 13.7. The van der Waals surface area contributed by atoms with Gasteiger partial charge in [0.05, 0.1) is 6.04 Å². The third-order valence-corrected chi connectivity index (χ3v) is 4.26. The lowest BCUT2D eigenvalue weighted by molar-refractivity contribution is -0.123. The van der Waals surface area contributed by atoms with E-state index in [9.17, 15) is 27.2 Å². The molecule has 1 atom stereocenters. The highest BCUT2D eigenvalue weighted by atomic mass is 19.2. The molecular weight excluding hydrogens is 434 g/mol. The van der Waals surface area contributed by atoms with Gasteiger partial charge in [0.2, 0.25) is 11.6 Å². The molecule has 0 aliphatic heterocycles. The van der Waals surface area contributed by atoms with Crippen LogP contribution in [0.15, 0.2) is 30.3 Å². The van der Waals surface area contributed by atoms with Crippen molar-refractivity contribution in [2.24, 2.45) is 5.73 Å². The zero-order valence-corrected chi connectivity index (χ0v) is 16.7. The molecule has 0 heterocycles. The number of halogens is 4. The van der Waals surface area contributed by atoms with Gasteiger partial charge in [-0.25, -0.2) is 8.78 Å². The van der Waals surface area contributed by atoms with Gasteiger partial charge < -0.3 is 26.8 Å². The Morgan fingerprint density at radius 3 is 2.34 bits per heavy atom. The van der Waals surface area contributed by atoms with Gasteiger partial charge in [0.25, 0.3) is 5.91 Å². The average Bonchev–Trinajstić information content (AvgIpc) is 2.74. The van der Waals surface area contributed by atoms with Crippen LogP contribution in [0.1, 0.15) is 23.2 Å². The number of carbonyl (C=O) groups is 2. The summed E-state index contributed by atoms with van der Waals surface area (Å²) < 4.78 is 58.8. The van der Waals surface area contributed by atoms with Crippen molar-refractivity contribution in [3.63, 3.8) is 0 Å². The monoisotopic (exact) mass is 455 g/mol. The van der Waals surface area contributed by atoms with E-state index in [4.69, 9.17) is 21.6 Å². The number of rotatable bonds is 10. The summed E-state index contributed by atoms with van der Waals surface area (Å²) in [5.74, 6) is -10.1. The van der Waals surface area contributed by atoms with Crippen LogP contribution in [0.25, 0.3) is 0 Å². The van der Waals surface area contributed by atoms with Crippen LogP contribution in [0.5, 0.6) is 5.75 Å². The smallest absolute Gasteiger partial charge is 0.251 e. The number of anilines is 1. The summed E-state index contributed by atoms with van der Waals surface area (Å²) in [7, 11) is 0. The highest BCUT2D eigenvalue weighted by molar-refractivity contribution is 5.98. The van der Waals surface area contributed by atoms with Gasteiger partial charge in [0, 0.05) is 23.9 Å². The molecule has 2 aromatic rings. The van der Waals surface area contributed by atoms with Crippen molar-refractivity contribution in [1.29, 1.82) is 5.41 Å². The summed E-state index contributed by atoms with van der Waals surface area (Å²) in [5, 5.41) is 12.1. The summed E-state index contributed by atoms with van der Waals surface area (Å²) in [4.78, 5) is 25.1. The summed E-state index contributed by atoms with van der Waals surface area (Å²) in [6.45, 7) is -0.773. The zero-order valence-electron chi connectivity index (χ0n) is 16.7. The molecule has 0 bridgehead atoms. The number of nitrogen functional groups attached to an aromatic ring is 1. The van der Waals surface area contributed by atoms with E-state index in [-0.39, 0.29) is 37.0 Å². The van der Waals surface area contributed by atoms with E-state index in [1.54, 1.807) is 6.07 Å². The predicted octanol–water partition coefficient (Wildman–Crippen LogP) is 1.83. The second-order valence-electron chi connectivity index (χ2n) is 6.69. The fourth-order valence-corrected chi connectivity index (χ4v) is 2.69. The highest BCUT2D eigenvalue weighted by Gasteiger charge is 2.25. The quantitative estimate of drug-likeness (QED) is 0.0924. The Labute approximate surface area is 180 Å². The fourth-order valence-electron chi connectivity index (χ4n) is 2.69. The largest absolute Gasteiger partial charge is 0.479 e. The molecule has 172 valence electrons. The van der Waals surface area contributed by atoms with Crippen molar-refractivity contribution in [1.82, 2.24) is 10.6 Å².